The summed E-state index contributed by atoms with van der Waals surface area (Å²) in [7, 11) is 0. The number of allylic oxidation sites excluding steroid dienone is 1. The van der Waals surface area contributed by atoms with Crippen molar-refractivity contribution in [2.75, 3.05) is 0 Å². The summed E-state index contributed by atoms with van der Waals surface area (Å²) in [6, 6.07) is 9.35. The molecule has 0 fully saturated rings. The summed E-state index contributed by atoms with van der Waals surface area (Å²) in [4.78, 5) is 15.2. The number of carbonyl (C=O) groups excluding carboxylic acids is 1. The fourth-order valence-electron chi connectivity index (χ4n) is 1.20. The van der Waals surface area contributed by atoms with Gasteiger partial charge in [-0.3, -0.25) is 0 Å². The number of esters is 1. The summed E-state index contributed by atoms with van der Waals surface area (Å²) in [5, 5.41) is 0. The van der Waals surface area contributed by atoms with E-state index in [2.05, 4.69) is 4.99 Å². The van der Waals surface area contributed by atoms with Crippen molar-refractivity contribution in [3.05, 3.63) is 47.7 Å². The van der Waals surface area contributed by atoms with Crippen LogP contribution in [0.1, 0.15) is 12.5 Å². The van der Waals surface area contributed by atoms with Crippen LogP contribution in [-0.4, -0.2) is 11.9 Å². The van der Waals surface area contributed by atoms with Crippen molar-refractivity contribution in [2.24, 2.45) is 4.99 Å². The molecule has 0 radical (unpaired) electrons. The quantitative estimate of drug-likeness (QED) is 0.497. The van der Waals surface area contributed by atoms with E-state index in [1.54, 1.807) is 13.0 Å². The van der Waals surface area contributed by atoms with Gasteiger partial charge in [-0.15, -0.1) is 0 Å². The molecule has 0 spiro atoms. The van der Waals surface area contributed by atoms with E-state index in [0.717, 1.165) is 5.56 Å². The molecule has 0 unspecified atom stereocenters. The van der Waals surface area contributed by atoms with E-state index in [1.807, 2.05) is 30.3 Å². The fraction of sp³-hybridized carbons (Fsp3) is 0.0909. The predicted octanol–water partition coefficient (Wildman–Crippen LogP) is 1.89. The van der Waals surface area contributed by atoms with Crippen molar-refractivity contribution in [1.29, 1.82) is 0 Å². The van der Waals surface area contributed by atoms with Crippen molar-refractivity contribution in [2.45, 2.75) is 6.92 Å². The maximum Gasteiger partial charge on any atom is 0.363 e. The van der Waals surface area contributed by atoms with Gasteiger partial charge in [0.15, 0.2) is 0 Å². The van der Waals surface area contributed by atoms with Crippen LogP contribution < -0.4 is 0 Å². The molecule has 0 aliphatic carbocycles. The van der Waals surface area contributed by atoms with Gasteiger partial charge < -0.3 is 4.74 Å². The van der Waals surface area contributed by atoms with Gasteiger partial charge >= 0.3 is 5.97 Å². The SMILES string of the molecule is CC=C1N=C(c2ccccc2)OC1=O. The van der Waals surface area contributed by atoms with Crippen LogP contribution in [0.25, 0.3) is 0 Å². The Morgan fingerprint density at radius 1 is 1.29 bits per heavy atom. The van der Waals surface area contributed by atoms with E-state index < -0.39 is 0 Å². The molecule has 0 aromatic heterocycles. The maximum atomic E-state index is 11.2. The number of rotatable bonds is 1. The minimum atomic E-state index is -0.383. The second-order valence-electron chi connectivity index (χ2n) is 2.85. The zero-order valence-corrected chi connectivity index (χ0v) is 7.73. The van der Waals surface area contributed by atoms with E-state index in [1.165, 1.54) is 0 Å². The van der Waals surface area contributed by atoms with Gasteiger partial charge in [-0.05, 0) is 19.1 Å². The molecule has 1 aliphatic rings. The van der Waals surface area contributed by atoms with Crippen LogP contribution in [0.2, 0.25) is 0 Å². The lowest BCUT2D eigenvalue weighted by molar-refractivity contribution is -0.130. The van der Waals surface area contributed by atoms with Gasteiger partial charge in [-0.25, -0.2) is 9.79 Å². The molecule has 3 nitrogen and oxygen atoms in total. The van der Waals surface area contributed by atoms with Crippen LogP contribution in [0.5, 0.6) is 0 Å². The number of nitrogens with zero attached hydrogens (tertiary/aromatic N) is 1. The van der Waals surface area contributed by atoms with Crippen molar-refractivity contribution in [1.82, 2.24) is 0 Å². The molecule has 2 rings (SSSR count). The Morgan fingerprint density at radius 3 is 2.57 bits per heavy atom. The van der Waals surface area contributed by atoms with Crippen molar-refractivity contribution < 1.29 is 9.53 Å². The molecule has 0 N–H and O–H groups in total. The summed E-state index contributed by atoms with van der Waals surface area (Å²) in [6.45, 7) is 1.76. The minimum Gasteiger partial charge on any atom is -0.402 e. The van der Waals surface area contributed by atoms with Crippen LogP contribution in [0.15, 0.2) is 47.1 Å². The molecular weight excluding hydrogens is 178 g/mol. The molecule has 70 valence electrons. The number of hydrogen-bond donors (Lipinski definition) is 0. The maximum absolute atomic E-state index is 11.2. The molecule has 1 aromatic rings. The van der Waals surface area contributed by atoms with Crippen molar-refractivity contribution in [3.8, 4) is 0 Å². The van der Waals surface area contributed by atoms with Crippen LogP contribution in [-0.2, 0) is 9.53 Å². The molecule has 14 heavy (non-hydrogen) atoms. The third-order valence-corrected chi connectivity index (χ3v) is 1.91. The highest BCUT2D eigenvalue weighted by Gasteiger charge is 2.22. The van der Waals surface area contributed by atoms with E-state index in [0.29, 0.717) is 11.6 Å². The largest absolute Gasteiger partial charge is 0.402 e. The van der Waals surface area contributed by atoms with E-state index >= 15 is 0 Å². The zero-order chi connectivity index (χ0) is 9.97. The van der Waals surface area contributed by atoms with E-state index in [4.69, 9.17) is 4.74 Å². The second-order valence-corrected chi connectivity index (χ2v) is 2.85. The topological polar surface area (TPSA) is 38.7 Å². The van der Waals surface area contributed by atoms with Gasteiger partial charge in [-0.1, -0.05) is 24.3 Å². The number of benzene rings is 1. The number of carbonyl (C=O) groups is 1. The first-order valence-corrected chi connectivity index (χ1v) is 4.34. The van der Waals surface area contributed by atoms with Crippen LogP contribution in [0.4, 0.5) is 0 Å². The van der Waals surface area contributed by atoms with Crippen LogP contribution in [0.3, 0.4) is 0 Å². The third kappa shape index (κ3) is 1.44. The molecule has 0 saturated carbocycles. The summed E-state index contributed by atoms with van der Waals surface area (Å²) < 4.78 is 4.99. The first-order valence-electron chi connectivity index (χ1n) is 4.34. The molecule has 1 aliphatic heterocycles. The van der Waals surface area contributed by atoms with Crippen LogP contribution in [0, 0.1) is 0 Å². The predicted molar refractivity (Wildman–Crippen MR) is 52.8 cm³/mol. The molecular formula is C11H9NO2. The standard InChI is InChI=1S/C11H9NO2/c1-2-9-11(13)14-10(12-9)8-6-4-3-5-7-8/h2-7H,1H3. The lowest BCUT2D eigenvalue weighted by Crippen LogP contribution is -2.04. The number of cyclic esters (lactones) is 1. The lowest BCUT2D eigenvalue weighted by Gasteiger charge is -1.97. The van der Waals surface area contributed by atoms with E-state index in [-0.39, 0.29) is 5.97 Å². The first kappa shape index (κ1) is 8.69. The first-order chi connectivity index (χ1) is 6.81. The highest BCUT2D eigenvalue weighted by Crippen LogP contribution is 2.15. The Balaban J connectivity index is 2.36. The number of ether oxygens (including phenoxy) is 1. The summed E-state index contributed by atoms with van der Waals surface area (Å²) >= 11 is 0. The molecule has 0 bridgehead atoms. The third-order valence-electron chi connectivity index (χ3n) is 1.91. The molecule has 0 atom stereocenters. The van der Waals surface area contributed by atoms with Gasteiger partial charge in [0.1, 0.15) is 5.70 Å². The average Bonchev–Trinajstić information content (AvgIpc) is 2.61. The Morgan fingerprint density at radius 2 is 2.00 bits per heavy atom. The molecule has 0 saturated heterocycles. The van der Waals surface area contributed by atoms with Gasteiger partial charge in [0.05, 0.1) is 0 Å². The summed E-state index contributed by atoms with van der Waals surface area (Å²) in [5.74, 6) is -0.00458. The van der Waals surface area contributed by atoms with Crippen molar-refractivity contribution >= 4 is 11.9 Å². The summed E-state index contributed by atoms with van der Waals surface area (Å²) in [6.07, 6.45) is 1.64. The molecule has 0 amide bonds. The van der Waals surface area contributed by atoms with E-state index in [9.17, 15) is 4.79 Å². The Hall–Kier alpha value is -1.90. The number of aliphatic imine (C=N–C) groups is 1. The van der Waals surface area contributed by atoms with Gasteiger partial charge in [0.25, 0.3) is 0 Å². The highest BCUT2D eigenvalue weighted by atomic mass is 16.6. The van der Waals surface area contributed by atoms with Gasteiger partial charge in [0, 0.05) is 5.56 Å². The Labute approximate surface area is 81.7 Å². The monoisotopic (exact) mass is 187 g/mol. The smallest absolute Gasteiger partial charge is 0.363 e. The molecule has 1 heterocycles. The average molecular weight is 187 g/mol. The second kappa shape index (κ2) is 3.46. The normalized spacial score (nSPS) is 18.2. The zero-order valence-electron chi connectivity index (χ0n) is 7.73. The van der Waals surface area contributed by atoms with Gasteiger partial charge in [0.2, 0.25) is 5.90 Å². The summed E-state index contributed by atoms with van der Waals surface area (Å²) in [5.41, 5.74) is 1.18. The number of hydrogen-bond acceptors (Lipinski definition) is 3. The Bertz CT molecular complexity index is 418. The fourth-order valence-corrected chi connectivity index (χ4v) is 1.20. The van der Waals surface area contributed by atoms with Gasteiger partial charge in [-0.2, -0.15) is 0 Å². The Kier molecular flexibility index (Phi) is 2.14. The highest BCUT2D eigenvalue weighted by molar-refractivity contribution is 6.10. The van der Waals surface area contributed by atoms with Crippen LogP contribution >= 0.6 is 0 Å². The minimum absolute atomic E-state index is 0.365. The lowest BCUT2D eigenvalue weighted by atomic mass is 10.2. The molecule has 3 heteroatoms. The molecule has 1 aromatic carbocycles. The van der Waals surface area contributed by atoms with Crippen molar-refractivity contribution in [3.63, 3.8) is 0 Å².